The highest BCUT2D eigenvalue weighted by atomic mass is 32.2. The van der Waals surface area contributed by atoms with Gasteiger partial charge >= 0.3 is 0 Å². The highest BCUT2D eigenvalue weighted by molar-refractivity contribution is 7.99. The van der Waals surface area contributed by atoms with E-state index in [9.17, 15) is 4.39 Å². The maximum absolute atomic E-state index is 13.0. The minimum atomic E-state index is -0.193. The number of nitrogens with one attached hydrogen (secondary N) is 1. The summed E-state index contributed by atoms with van der Waals surface area (Å²) in [5, 5.41) is 3.25. The lowest BCUT2D eigenvalue weighted by Gasteiger charge is -2.07. The lowest BCUT2D eigenvalue weighted by Crippen LogP contribution is -2.04. The Bertz CT molecular complexity index is 597. The van der Waals surface area contributed by atoms with E-state index >= 15 is 0 Å². The molecule has 104 valence electrons. The van der Waals surface area contributed by atoms with Crippen molar-refractivity contribution >= 4 is 17.4 Å². The van der Waals surface area contributed by atoms with E-state index in [0.717, 1.165) is 18.0 Å². The smallest absolute Gasteiger partial charge is 0.125 e. The number of thioether (sulfide) groups is 1. The van der Waals surface area contributed by atoms with Crippen LogP contribution in [0.5, 0.6) is 0 Å². The van der Waals surface area contributed by atoms with Gasteiger partial charge in [-0.2, -0.15) is 0 Å². The highest BCUT2D eigenvalue weighted by Gasteiger charge is 2.10. The Morgan fingerprint density at radius 2 is 1.95 bits per heavy atom. The lowest BCUT2D eigenvalue weighted by atomic mass is 10.1. The second-order valence-corrected chi connectivity index (χ2v) is 6.24. The summed E-state index contributed by atoms with van der Waals surface area (Å²) in [6, 6.07) is 13.4. The second-order valence-electron chi connectivity index (χ2n) is 5.07. The molecule has 0 aromatic heterocycles. The van der Waals surface area contributed by atoms with Crippen LogP contribution in [-0.2, 0) is 12.8 Å². The number of hydrogen-bond acceptors (Lipinski definition) is 2. The molecule has 3 heteroatoms. The molecule has 0 saturated carbocycles. The van der Waals surface area contributed by atoms with Crippen molar-refractivity contribution in [1.82, 2.24) is 0 Å². The Labute approximate surface area is 123 Å². The van der Waals surface area contributed by atoms with E-state index in [1.54, 1.807) is 6.07 Å². The molecule has 0 radical (unpaired) electrons. The molecule has 0 atom stereocenters. The highest BCUT2D eigenvalue weighted by Crippen LogP contribution is 2.27. The molecule has 0 bridgehead atoms. The van der Waals surface area contributed by atoms with Gasteiger partial charge in [0.1, 0.15) is 5.82 Å². The van der Waals surface area contributed by atoms with E-state index in [1.165, 1.54) is 47.4 Å². The second kappa shape index (κ2) is 6.31. The van der Waals surface area contributed by atoms with Gasteiger partial charge in [0.15, 0.2) is 0 Å². The van der Waals surface area contributed by atoms with Crippen LogP contribution in [-0.4, -0.2) is 12.3 Å². The zero-order valence-corrected chi connectivity index (χ0v) is 12.2. The fraction of sp³-hybridized carbons (Fsp3) is 0.294. The molecule has 0 unspecified atom stereocenters. The molecule has 3 rings (SSSR count). The van der Waals surface area contributed by atoms with E-state index in [1.807, 2.05) is 17.8 Å². The van der Waals surface area contributed by atoms with Gasteiger partial charge in [-0.15, -0.1) is 11.8 Å². The van der Waals surface area contributed by atoms with Crippen LogP contribution in [0.4, 0.5) is 10.1 Å². The minimum absolute atomic E-state index is 0.193. The maximum Gasteiger partial charge on any atom is 0.125 e. The largest absolute Gasteiger partial charge is 0.384 e. The van der Waals surface area contributed by atoms with Gasteiger partial charge in [-0.1, -0.05) is 12.1 Å². The average Bonchev–Trinajstić information content (AvgIpc) is 2.91. The van der Waals surface area contributed by atoms with Crippen LogP contribution in [0.1, 0.15) is 17.5 Å². The summed E-state index contributed by atoms with van der Waals surface area (Å²) in [5.74, 6) is 0.788. The van der Waals surface area contributed by atoms with Crippen LogP contribution >= 0.6 is 11.8 Å². The molecule has 0 amide bonds. The first-order valence-corrected chi connectivity index (χ1v) is 8.04. The van der Waals surface area contributed by atoms with E-state index in [0.29, 0.717) is 0 Å². The summed E-state index contributed by atoms with van der Waals surface area (Å²) in [4.78, 5) is 1.34. The van der Waals surface area contributed by atoms with Gasteiger partial charge in [0, 0.05) is 22.9 Å². The third-order valence-corrected chi connectivity index (χ3v) is 4.59. The standard InChI is InChI=1S/C17H18FNS/c18-15-5-2-6-16(12-15)19-9-10-20-17-8-7-13-3-1-4-14(13)11-17/h2,5-8,11-12,19H,1,3-4,9-10H2. The predicted molar refractivity (Wildman–Crippen MR) is 84.1 cm³/mol. The molecule has 0 spiro atoms. The number of hydrogen-bond donors (Lipinski definition) is 1. The van der Waals surface area contributed by atoms with Crippen molar-refractivity contribution in [2.75, 3.05) is 17.6 Å². The van der Waals surface area contributed by atoms with Gasteiger partial charge in [-0.25, -0.2) is 4.39 Å². The van der Waals surface area contributed by atoms with Crippen LogP contribution in [0.15, 0.2) is 47.4 Å². The Balaban J connectivity index is 1.48. The summed E-state index contributed by atoms with van der Waals surface area (Å²) < 4.78 is 13.0. The number of anilines is 1. The van der Waals surface area contributed by atoms with E-state index in [2.05, 4.69) is 23.5 Å². The Kier molecular flexibility index (Phi) is 4.26. The van der Waals surface area contributed by atoms with Crippen molar-refractivity contribution in [2.45, 2.75) is 24.2 Å². The molecule has 2 aromatic carbocycles. The van der Waals surface area contributed by atoms with Gasteiger partial charge in [0.05, 0.1) is 0 Å². The van der Waals surface area contributed by atoms with Gasteiger partial charge in [-0.05, 0) is 60.7 Å². The molecule has 1 aliphatic carbocycles. The first-order chi connectivity index (χ1) is 9.81. The molecule has 0 fully saturated rings. The van der Waals surface area contributed by atoms with E-state index < -0.39 is 0 Å². The van der Waals surface area contributed by atoms with Gasteiger partial charge < -0.3 is 5.32 Å². The molecule has 1 nitrogen and oxygen atoms in total. The third kappa shape index (κ3) is 3.34. The van der Waals surface area contributed by atoms with Crippen LogP contribution < -0.4 is 5.32 Å². The van der Waals surface area contributed by atoms with E-state index in [4.69, 9.17) is 0 Å². The zero-order chi connectivity index (χ0) is 13.8. The van der Waals surface area contributed by atoms with Crippen LogP contribution in [0.3, 0.4) is 0 Å². The van der Waals surface area contributed by atoms with Crippen molar-refractivity contribution in [2.24, 2.45) is 0 Å². The monoisotopic (exact) mass is 287 g/mol. The molecule has 0 heterocycles. The first-order valence-electron chi connectivity index (χ1n) is 7.05. The lowest BCUT2D eigenvalue weighted by molar-refractivity contribution is 0.628. The van der Waals surface area contributed by atoms with Crippen molar-refractivity contribution in [3.8, 4) is 0 Å². The normalized spacial score (nSPS) is 13.2. The van der Waals surface area contributed by atoms with Crippen LogP contribution in [0, 0.1) is 5.82 Å². The Hall–Kier alpha value is -1.48. The van der Waals surface area contributed by atoms with E-state index in [-0.39, 0.29) is 5.82 Å². The summed E-state index contributed by atoms with van der Waals surface area (Å²) in [6.45, 7) is 0.838. The van der Waals surface area contributed by atoms with Crippen LogP contribution in [0.2, 0.25) is 0 Å². The molecule has 2 aromatic rings. The predicted octanol–water partition coefficient (Wildman–Crippen LogP) is 4.52. The molecule has 1 aliphatic rings. The number of benzene rings is 2. The molecule has 20 heavy (non-hydrogen) atoms. The summed E-state index contributed by atoms with van der Waals surface area (Å²) in [5.41, 5.74) is 3.89. The summed E-state index contributed by atoms with van der Waals surface area (Å²) in [6.07, 6.45) is 3.76. The Morgan fingerprint density at radius 1 is 1.05 bits per heavy atom. The number of halogens is 1. The maximum atomic E-state index is 13.0. The zero-order valence-electron chi connectivity index (χ0n) is 11.4. The molecule has 0 aliphatic heterocycles. The fourth-order valence-corrected chi connectivity index (χ4v) is 3.43. The Morgan fingerprint density at radius 3 is 2.85 bits per heavy atom. The van der Waals surface area contributed by atoms with Gasteiger partial charge in [0.25, 0.3) is 0 Å². The topological polar surface area (TPSA) is 12.0 Å². The number of aryl methyl sites for hydroxylation is 2. The van der Waals surface area contributed by atoms with Crippen molar-refractivity contribution < 1.29 is 4.39 Å². The molecular formula is C17H18FNS. The third-order valence-electron chi connectivity index (χ3n) is 3.59. The number of fused-ring (bicyclic) bond motifs is 1. The molecule has 0 saturated heterocycles. The number of rotatable bonds is 5. The first kappa shape index (κ1) is 13.5. The summed E-state index contributed by atoms with van der Waals surface area (Å²) in [7, 11) is 0. The molecule has 1 N–H and O–H groups in total. The minimum Gasteiger partial charge on any atom is -0.384 e. The van der Waals surface area contributed by atoms with Crippen molar-refractivity contribution in [3.63, 3.8) is 0 Å². The summed E-state index contributed by atoms with van der Waals surface area (Å²) >= 11 is 1.85. The fourth-order valence-electron chi connectivity index (χ4n) is 2.60. The van der Waals surface area contributed by atoms with Crippen LogP contribution in [0.25, 0.3) is 0 Å². The quantitative estimate of drug-likeness (QED) is 0.641. The average molecular weight is 287 g/mol. The van der Waals surface area contributed by atoms with Gasteiger partial charge in [-0.3, -0.25) is 0 Å². The SMILES string of the molecule is Fc1cccc(NCCSc2ccc3c(c2)CCC3)c1. The van der Waals surface area contributed by atoms with Gasteiger partial charge in [0.2, 0.25) is 0 Å². The van der Waals surface area contributed by atoms with Crippen molar-refractivity contribution in [1.29, 1.82) is 0 Å². The van der Waals surface area contributed by atoms with Crippen molar-refractivity contribution in [3.05, 3.63) is 59.4 Å². The molecular weight excluding hydrogens is 269 g/mol.